The number of benzene rings is 3. The Bertz CT molecular complexity index is 1090. The van der Waals surface area contributed by atoms with Crippen molar-refractivity contribution in [2.24, 2.45) is 0 Å². The Kier molecular flexibility index (Phi) is 4.84. The smallest absolute Gasteiger partial charge is 0.228 e. The molecule has 0 spiro atoms. The molecule has 0 fully saturated rings. The highest BCUT2D eigenvalue weighted by Gasteiger charge is 2.10. The van der Waals surface area contributed by atoms with Crippen LogP contribution in [0.5, 0.6) is 0 Å². The molecule has 0 unspecified atom stereocenters. The van der Waals surface area contributed by atoms with Crippen LogP contribution in [0.25, 0.3) is 22.6 Å². The fourth-order valence-electron chi connectivity index (χ4n) is 2.74. The van der Waals surface area contributed by atoms with E-state index in [-0.39, 0.29) is 12.3 Å². The van der Waals surface area contributed by atoms with Crippen LogP contribution >= 0.6 is 23.2 Å². The fraction of sp³-hybridized carbons (Fsp3) is 0.0476. The molecule has 0 saturated heterocycles. The van der Waals surface area contributed by atoms with Gasteiger partial charge in [0.1, 0.15) is 5.52 Å². The number of oxazole rings is 1. The third kappa shape index (κ3) is 3.97. The molecule has 27 heavy (non-hydrogen) atoms. The topological polar surface area (TPSA) is 55.1 Å². The number of anilines is 1. The lowest BCUT2D eigenvalue weighted by atomic mass is 10.1. The van der Waals surface area contributed by atoms with Gasteiger partial charge in [0.15, 0.2) is 5.58 Å². The summed E-state index contributed by atoms with van der Waals surface area (Å²) in [5, 5.41) is 3.87. The van der Waals surface area contributed by atoms with Crippen molar-refractivity contribution in [3.05, 3.63) is 82.3 Å². The Labute approximate surface area is 165 Å². The van der Waals surface area contributed by atoms with Gasteiger partial charge in [-0.15, -0.1) is 0 Å². The molecule has 134 valence electrons. The molecule has 0 radical (unpaired) electrons. The molecule has 0 bridgehead atoms. The van der Waals surface area contributed by atoms with Gasteiger partial charge in [-0.05, 0) is 54.1 Å². The van der Waals surface area contributed by atoms with Gasteiger partial charge in [0.2, 0.25) is 11.8 Å². The van der Waals surface area contributed by atoms with E-state index >= 15 is 0 Å². The molecule has 0 saturated carbocycles. The summed E-state index contributed by atoms with van der Waals surface area (Å²) in [5.74, 6) is 0.385. The van der Waals surface area contributed by atoms with E-state index in [1.54, 1.807) is 18.2 Å². The van der Waals surface area contributed by atoms with Crippen molar-refractivity contribution in [2.75, 3.05) is 5.32 Å². The standard InChI is InChI=1S/C21H14Cl2N2O2/c22-15-8-5-14(17(23)12-15)11-20(26)24-16-9-6-13(7-10-16)21-25-18-3-1-2-4-19(18)27-21/h1-10,12H,11H2,(H,24,26). The van der Waals surface area contributed by atoms with Crippen LogP contribution in [-0.2, 0) is 11.2 Å². The number of para-hydroxylation sites is 2. The lowest BCUT2D eigenvalue weighted by molar-refractivity contribution is -0.115. The number of amides is 1. The SMILES string of the molecule is O=C(Cc1ccc(Cl)cc1Cl)Nc1ccc(-c2nc3ccccc3o2)cc1. The summed E-state index contributed by atoms with van der Waals surface area (Å²) < 4.78 is 5.75. The maximum absolute atomic E-state index is 12.3. The molecule has 0 atom stereocenters. The average Bonchev–Trinajstić information content (AvgIpc) is 3.09. The fourth-order valence-corrected chi connectivity index (χ4v) is 3.21. The molecule has 4 nitrogen and oxygen atoms in total. The van der Waals surface area contributed by atoms with E-state index in [4.69, 9.17) is 27.6 Å². The number of fused-ring (bicyclic) bond motifs is 1. The van der Waals surface area contributed by atoms with Crippen molar-refractivity contribution in [1.29, 1.82) is 0 Å². The van der Waals surface area contributed by atoms with Crippen LogP contribution in [0, 0.1) is 0 Å². The number of hydrogen-bond donors (Lipinski definition) is 1. The molecular formula is C21H14Cl2N2O2. The second-order valence-electron chi connectivity index (χ2n) is 6.02. The van der Waals surface area contributed by atoms with Crippen LogP contribution in [0.2, 0.25) is 10.0 Å². The number of aromatic nitrogens is 1. The summed E-state index contributed by atoms with van der Waals surface area (Å²) in [4.78, 5) is 16.7. The monoisotopic (exact) mass is 396 g/mol. The van der Waals surface area contributed by atoms with Gasteiger partial charge in [0.05, 0.1) is 6.42 Å². The molecule has 1 amide bonds. The van der Waals surface area contributed by atoms with Gasteiger partial charge in [0, 0.05) is 21.3 Å². The number of rotatable bonds is 4. The van der Waals surface area contributed by atoms with E-state index in [0.29, 0.717) is 21.6 Å². The van der Waals surface area contributed by atoms with E-state index < -0.39 is 0 Å². The van der Waals surface area contributed by atoms with Crippen molar-refractivity contribution in [1.82, 2.24) is 4.98 Å². The molecule has 4 rings (SSSR count). The van der Waals surface area contributed by atoms with Gasteiger partial charge in [0.25, 0.3) is 0 Å². The summed E-state index contributed by atoms with van der Waals surface area (Å²) in [6, 6.07) is 20.0. The predicted octanol–water partition coefficient (Wildman–Crippen LogP) is 5.98. The molecule has 1 aromatic heterocycles. The number of hydrogen-bond acceptors (Lipinski definition) is 3. The first kappa shape index (κ1) is 17.6. The van der Waals surface area contributed by atoms with Crippen LogP contribution < -0.4 is 5.32 Å². The van der Waals surface area contributed by atoms with Crippen molar-refractivity contribution in [3.63, 3.8) is 0 Å². The van der Waals surface area contributed by atoms with Gasteiger partial charge in [-0.25, -0.2) is 4.98 Å². The van der Waals surface area contributed by atoms with E-state index in [1.807, 2.05) is 48.5 Å². The number of carbonyl (C=O) groups excluding carboxylic acids is 1. The van der Waals surface area contributed by atoms with Crippen LogP contribution in [0.15, 0.2) is 71.1 Å². The highest BCUT2D eigenvalue weighted by atomic mass is 35.5. The molecule has 1 heterocycles. The van der Waals surface area contributed by atoms with E-state index in [0.717, 1.165) is 22.2 Å². The Morgan fingerprint density at radius 1 is 1.00 bits per heavy atom. The maximum Gasteiger partial charge on any atom is 0.228 e. The van der Waals surface area contributed by atoms with Gasteiger partial charge in [-0.2, -0.15) is 0 Å². The summed E-state index contributed by atoms with van der Waals surface area (Å²) in [6.45, 7) is 0. The molecule has 0 aliphatic rings. The molecule has 1 N–H and O–H groups in total. The minimum atomic E-state index is -0.158. The first-order valence-corrected chi connectivity index (χ1v) is 9.04. The minimum absolute atomic E-state index is 0.158. The Morgan fingerprint density at radius 2 is 1.78 bits per heavy atom. The van der Waals surface area contributed by atoms with Crippen molar-refractivity contribution < 1.29 is 9.21 Å². The van der Waals surface area contributed by atoms with Gasteiger partial charge >= 0.3 is 0 Å². The zero-order valence-corrected chi connectivity index (χ0v) is 15.6. The van der Waals surface area contributed by atoms with E-state index in [1.165, 1.54) is 0 Å². The van der Waals surface area contributed by atoms with Crippen LogP contribution in [-0.4, -0.2) is 10.9 Å². The van der Waals surface area contributed by atoms with Gasteiger partial charge < -0.3 is 9.73 Å². The van der Waals surface area contributed by atoms with E-state index in [2.05, 4.69) is 10.3 Å². The van der Waals surface area contributed by atoms with Crippen molar-refractivity contribution in [2.45, 2.75) is 6.42 Å². The lowest BCUT2D eigenvalue weighted by Gasteiger charge is -2.07. The molecule has 0 aliphatic carbocycles. The maximum atomic E-state index is 12.3. The molecular weight excluding hydrogens is 383 g/mol. The van der Waals surface area contributed by atoms with Crippen molar-refractivity contribution in [3.8, 4) is 11.5 Å². The van der Waals surface area contributed by atoms with Crippen LogP contribution in [0.4, 0.5) is 5.69 Å². The van der Waals surface area contributed by atoms with Gasteiger partial charge in [-0.1, -0.05) is 41.4 Å². The van der Waals surface area contributed by atoms with Crippen molar-refractivity contribution >= 4 is 45.9 Å². The summed E-state index contributed by atoms with van der Waals surface area (Å²) in [5.41, 5.74) is 3.80. The largest absolute Gasteiger partial charge is 0.436 e. The zero-order valence-electron chi connectivity index (χ0n) is 14.1. The first-order valence-electron chi connectivity index (χ1n) is 8.28. The highest BCUT2D eigenvalue weighted by Crippen LogP contribution is 2.25. The Hall–Kier alpha value is -2.82. The summed E-state index contributed by atoms with van der Waals surface area (Å²) >= 11 is 12.0. The van der Waals surface area contributed by atoms with Crippen LogP contribution in [0.1, 0.15) is 5.56 Å². The first-order chi connectivity index (χ1) is 13.1. The van der Waals surface area contributed by atoms with Crippen LogP contribution in [0.3, 0.4) is 0 Å². The lowest BCUT2D eigenvalue weighted by Crippen LogP contribution is -2.14. The number of halogens is 2. The molecule has 0 aliphatic heterocycles. The molecule has 4 aromatic rings. The Morgan fingerprint density at radius 3 is 2.52 bits per heavy atom. The Balaban J connectivity index is 1.46. The minimum Gasteiger partial charge on any atom is -0.436 e. The normalized spacial score (nSPS) is 10.9. The molecule has 3 aromatic carbocycles. The second kappa shape index (κ2) is 7.43. The average molecular weight is 397 g/mol. The number of carbonyl (C=O) groups is 1. The third-order valence-corrected chi connectivity index (χ3v) is 4.66. The molecule has 6 heteroatoms. The predicted molar refractivity (Wildman–Crippen MR) is 108 cm³/mol. The number of nitrogens with one attached hydrogen (secondary N) is 1. The summed E-state index contributed by atoms with van der Waals surface area (Å²) in [7, 11) is 0. The zero-order chi connectivity index (χ0) is 18.8. The number of nitrogens with zero attached hydrogens (tertiary/aromatic N) is 1. The third-order valence-electron chi connectivity index (χ3n) is 4.08. The second-order valence-corrected chi connectivity index (χ2v) is 6.87. The van der Waals surface area contributed by atoms with Gasteiger partial charge in [-0.3, -0.25) is 4.79 Å². The summed E-state index contributed by atoms with van der Waals surface area (Å²) in [6.07, 6.45) is 0.170. The van der Waals surface area contributed by atoms with E-state index in [9.17, 15) is 4.79 Å². The quantitative estimate of drug-likeness (QED) is 0.461. The highest BCUT2D eigenvalue weighted by molar-refractivity contribution is 6.35.